The van der Waals surface area contributed by atoms with Crippen molar-refractivity contribution in [3.63, 3.8) is 0 Å². The Bertz CT molecular complexity index is 888. The third kappa shape index (κ3) is 3.34. The molecule has 0 radical (unpaired) electrons. The number of aryl methyl sites for hydroxylation is 1. The van der Waals surface area contributed by atoms with Gasteiger partial charge in [0.1, 0.15) is 5.82 Å². The van der Waals surface area contributed by atoms with E-state index in [0.717, 1.165) is 67.9 Å². The van der Waals surface area contributed by atoms with Crippen LogP contribution in [0.3, 0.4) is 0 Å². The number of rotatable bonds is 2. The highest BCUT2D eigenvalue weighted by molar-refractivity contribution is 5.84. The molecule has 1 fully saturated rings. The van der Waals surface area contributed by atoms with Gasteiger partial charge in [0, 0.05) is 41.8 Å². The van der Waals surface area contributed by atoms with Crippen molar-refractivity contribution >= 4 is 17.2 Å². The lowest BCUT2D eigenvalue weighted by Crippen LogP contribution is -2.43. The summed E-state index contributed by atoms with van der Waals surface area (Å²) >= 11 is 0. The highest BCUT2D eigenvalue weighted by atomic mass is 19.4. The van der Waals surface area contributed by atoms with Gasteiger partial charge in [-0.3, -0.25) is 0 Å². The number of fused-ring (bicyclic) bond motifs is 1. The van der Waals surface area contributed by atoms with E-state index in [-0.39, 0.29) is 28.8 Å². The second-order valence-corrected chi connectivity index (χ2v) is 7.53. The fourth-order valence-electron chi connectivity index (χ4n) is 4.10. The van der Waals surface area contributed by atoms with Crippen LogP contribution in [0.25, 0.3) is 11.4 Å². The number of aromatic nitrogens is 2. The molecule has 28 heavy (non-hydrogen) atoms. The lowest BCUT2D eigenvalue weighted by Gasteiger charge is -2.33. The van der Waals surface area contributed by atoms with Gasteiger partial charge in [-0.05, 0) is 44.2 Å². The van der Waals surface area contributed by atoms with Gasteiger partial charge in [0.15, 0.2) is 5.82 Å². The molecular weight excluding hydrogens is 369 g/mol. The van der Waals surface area contributed by atoms with Gasteiger partial charge in [-0.1, -0.05) is 0 Å². The molecule has 1 aromatic carbocycles. The van der Waals surface area contributed by atoms with Gasteiger partial charge in [-0.2, -0.15) is 13.2 Å². The molecule has 1 atom stereocenters. The first-order valence-electron chi connectivity index (χ1n) is 9.41. The van der Waals surface area contributed by atoms with E-state index in [9.17, 15) is 13.2 Å². The summed E-state index contributed by atoms with van der Waals surface area (Å²) < 4.78 is 39.1. The molecule has 6 nitrogen and oxygen atoms in total. The van der Waals surface area contributed by atoms with E-state index in [2.05, 4.69) is 9.88 Å². The molecule has 2 aromatic rings. The predicted molar refractivity (Wildman–Crippen MR) is 103 cm³/mol. The van der Waals surface area contributed by atoms with Crippen molar-refractivity contribution in [3.8, 4) is 11.4 Å². The Labute approximate surface area is 160 Å². The van der Waals surface area contributed by atoms with Gasteiger partial charge in [-0.15, -0.1) is 0 Å². The van der Waals surface area contributed by atoms with E-state index in [0.29, 0.717) is 6.54 Å². The Morgan fingerprint density at radius 2 is 1.75 bits per heavy atom. The summed E-state index contributed by atoms with van der Waals surface area (Å²) in [4.78, 5) is 11.5. The van der Waals surface area contributed by atoms with Crippen LogP contribution in [0.5, 0.6) is 0 Å². The first kappa shape index (κ1) is 18.8. The fourth-order valence-corrected chi connectivity index (χ4v) is 4.10. The molecule has 1 unspecified atom stereocenters. The molecule has 0 spiro atoms. The second kappa shape index (κ2) is 6.80. The number of nitrogen functional groups attached to an aromatic ring is 2. The molecule has 6 N–H and O–H groups in total. The van der Waals surface area contributed by atoms with Crippen LogP contribution >= 0.6 is 0 Å². The monoisotopic (exact) mass is 392 g/mol. The minimum atomic E-state index is -4.52. The molecule has 0 amide bonds. The lowest BCUT2D eigenvalue weighted by atomic mass is 10.0. The van der Waals surface area contributed by atoms with Gasteiger partial charge >= 0.3 is 6.18 Å². The van der Waals surface area contributed by atoms with Crippen molar-refractivity contribution in [2.75, 3.05) is 29.5 Å². The second-order valence-electron chi connectivity index (χ2n) is 7.53. The number of hydrogen-bond acceptors (Lipinski definition) is 6. The number of nitrogens with zero attached hydrogens (tertiary/aromatic N) is 3. The molecule has 1 aliphatic heterocycles. The molecule has 4 rings (SSSR count). The van der Waals surface area contributed by atoms with Crippen molar-refractivity contribution in [2.45, 2.75) is 44.3 Å². The van der Waals surface area contributed by atoms with E-state index in [4.69, 9.17) is 22.2 Å². The summed E-state index contributed by atoms with van der Waals surface area (Å²) in [5.41, 5.74) is 19.3. The highest BCUT2D eigenvalue weighted by Gasteiger charge is 2.33. The molecule has 1 saturated heterocycles. The summed E-state index contributed by atoms with van der Waals surface area (Å²) in [6.07, 6.45) is 0.0785. The minimum absolute atomic E-state index is 0.0745. The van der Waals surface area contributed by atoms with Crippen LogP contribution in [0.1, 0.15) is 36.1 Å². The number of alkyl halides is 3. The summed E-state index contributed by atoms with van der Waals surface area (Å²) in [5.74, 6) is 1.09. The topological polar surface area (TPSA) is 107 Å². The Morgan fingerprint density at radius 3 is 2.39 bits per heavy atom. The number of benzene rings is 1. The van der Waals surface area contributed by atoms with Crippen LogP contribution < -0.4 is 22.1 Å². The zero-order valence-electron chi connectivity index (χ0n) is 15.4. The Morgan fingerprint density at radius 1 is 1.04 bits per heavy atom. The maximum absolute atomic E-state index is 13.0. The standard InChI is InChI=1S/C19H23F3N6/c20-19(21,22)10-7-13(24)16(14(25)8-10)17-26-15-5-1-4-12(15)18(27-17)28-6-2-3-11(23)9-28/h7-8,11H,1-6,9,23-25H2. The molecule has 2 aliphatic rings. The quantitative estimate of drug-likeness (QED) is 0.679. The van der Waals surface area contributed by atoms with E-state index < -0.39 is 11.7 Å². The van der Waals surface area contributed by atoms with Gasteiger partial charge in [-0.25, -0.2) is 9.97 Å². The highest BCUT2D eigenvalue weighted by Crippen LogP contribution is 2.39. The average molecular weight is 392 g/mol. The number of anilines is 3. The third-order valence-electron chi connectivity index (χ3n) is 5.42. The van der Waals surface area contributed by atoms with Crippen LogP contribution in [-0.2, 0) is 19.0 Å². The van der Waals surface area contributed by atoms with Crippen LogP contribution in [0.15, 0.2) is 12.1 Å². The molecular formula is C19H23F3N6. The SMILES string of the molecule is Nc1cc(C(F)(F)F)cc(N)c1-c1nc2c(c(N3CCCC(N)C3)n1)CCC2. The van der Waals surface area contributed by atoms with Gasteiger partial charge < -0.3 is 22.1 Å². The van der Waals surface area contributed by atoms with Crippen molar-refractivity contribution in [1.82, 2.24) is 9.97 Å². The molecule has 9 heteroatoms. The molecule has 0 bridgehead atoms. The summed E-state index contributed by atoms with van der Waals surface area (Å²) in [6.45, 7) is 1.54. The lowest BCUT2D eigenvalue weighted by molar-refractivity contribution is -0.137. The third-order valence-corrected chi connectivity index (χ3v) is 5.42. The molecule has 2 heterocycles. The summed E-state index contributed by atoms with van der Waals surface area (Å²) in [5, 5.41) is 0. The smallest absolute Gasteiger partial charge is 0.398 e. The maximum atomic E-state index is 13.0. The minimum Gasteiger partial charge on any atom is -0.398 e. The Balaban J connectivity index is 1.82. The van der Waals surface area contributed by atoms with Crippen molar-refractivity contribution < 1.29 is 13.2 Å². The van der Waals surface area contributed by atoms with Crippen LogP contribution in [0.2, 0.25) is 0 Å². The van der Waals surface area contributed by atoms with Crippen molar-refractivity contribution in [2.24, 2.45) is 5.73 Å². The molecule has 1 aliphatic carbocycles. The maximum Gasteiger partial charge on any atom is 0.416 e. The zero-order valence-corrected chi connectivity index (χ0v) is 15.4. The van der Waals surface area contributed by atoms with Gasteiger partial charge in [0.2, 0.25) is 0 Å². The fraction of sp³-hybridized carbons (Fsp3) is 0.474. The van der Waals surface area contributed by atoms with Crippen molar-refractivity contribution in [3.05, 3.63) is 29.0 Å². The summed E-state index contributed by atoms with van der Waals surface area (Å²) in [6, 6.07) is 1.85. The van der Waals surface area contributed by atoms with E-state index >= 15 is 0 Å². The Hall–Kier alpha value is -2.55. The van der Waals surface area contributed by atoms with Crippen LogP contribution in [0.4, 0.5) is 30.4 Å². The van der Waals surface area contributed by atoms with E-state index in [1.807, 2.05) is 0 Å². The predicted octanol–water partition coefficient (Wildman–Crippen LogP) is 2.74. The Kier molecular flexibility index (Phi) is 4.57. The average Bonchev–Trinajstić information content (AvgIpc) is 3.08. The number of piperidine rings is 1. The number of halogens is 3. The summed E-state index contributed by atoms with van der Waals surface area (Å²) in [7, 11) is 0. The van der Waals surface area contributed by atoms with Crippen LogP contribution in [-0.4, -0.2) is 29.1 Å². The van der Waals surface area contributed by atoms with Crippen molar-refractivity contribution in [1.29, 1.82) is 0 Å². The largest absolute Gasteiger partial charge is 0.416 e. The number of nitrogens with two attached hydrogens (primary N) is 3. The first-order chi connectivity index (χ1) is 13.2. The molecule has 150 valence electrons. The van der Waals surface area contributed by atoms with Crippen LogP contribution in [0, 0.1) is 0 Å². The van der Waals surface area contributed by atoms with Gasteiger partial charge in [0.25, 0.3) is 0 Å². The van der Waals surface area contributed by atoms with Gasteiger partial charge in [0.05, 0.1) is 11.1 Å². The normalized spacial score (nSPS) is 19.7. The molecule has 0 saturated carbocycles. The zero-order chi connectivity index (χ0) is 20.1. The molecule has 1 aromatic heterocycles. The first-order valence-corrected chi connectivity index (χ1v) is 9.41. The number of hydrogen-bond donors (Lipinski definition) is 3. The van der Waals surface area contributed by atoms with E-state index in [1.165, 1.54) is 0 Å². The van der Waals surface area contributed by atoms with E-state index in [1.54, 1.807) is 0 Å².